The van der Waals surface area contributed by atoms with Crippen LogP contribution in [0.3, 0.4) is 0 Å². The first-order valence-corrected chi connectivity index (χ1v) is 10.8. The summed E-state index contributed by atoms with van der Waals surface area (Å²) in [5, 5.41) is 21.8. The minimum Gasteiger partial charge on any atom is -0.488 e. The number of aromatic nitrogens is 1. The second-order valence-electron chi connectivity index (χ2n) is 7.39. The molecule has 0 radical (unpaired) electrons. The van der Waals surface area contributed by atoms with Gasteiger partial charge in [-0.1, -0.05) is 12.6 Å². The highest BCUT2D eigenvalue weighted by Crippen LogP contribution is 2.39. The predicted octanol–water partition coefficient (Wildman–Crippen LogP) is 1.98. The fourth-order valence-corrected chi connectivity index (χ4v) is 4.75. The van der Waals surface area contributed by atoms with Crippen LogP contribution in [0.4, 0.5) is 18.9 Å². The molecule has 0 aliphatic carbocycles. The maximum atomic E-state index is 13.4. The van der Waals surface area contributed by atoms with Crippen molar-refractivity contribution in [1.29, 1.82) is 5.26 Å². The lowest BCUT2D eigenvalue weighted by atomic mass is 9.95. The second kappa shape index (κ2) is 8.22. The summed E-state index contributed by atoms with van der Waals surface area (Å²) in [5.41, 5.74) is -2.69. The summed E-state index contributed by atoms with van der Waals surface area (Å²) >= 11 is 0. The first-order chi connectivity index (χ1) is 15.2. The normalized spacial score (nSPS) is 19.2. The highest BCUT2D eigenvalue weighted by Gasteiger charge is 2.58. The van der Waals surface area contributed by atoms with Crippen molar-refractivity contribution in [2.45, 2.75) is 29.6 Å². The Bertz CT molecular complexity index is 1280. The van der Waals surface area contributed by atoms with Crippen molar-refractivity contribution in [2.75, 3.05) is 11.9 Å². The second-order valence-corrected chi connectivity index (χ2v) is 9.07. The lowest BCUT2D eigenvalue weighted by Crippen LogP contribution is -2.61. The van der Waals surface area contributed by atoms with E-state index in [0.29, 0.717) is 11.1 Å². The van der Waals surface area contributed by atoms with E-state index in [-0.39, 0.29) is 17.5 Å². The number of hydrogen-bond donors (Lipinski definition) is 3. The zero-order valence-electron chi connectivity index (χ0n) is 17.4. The Balaban J connectivity index is 2.00. The Morgan fingerprint density at radius 1 is 1.45 bits per heavy atom. The molecule has 33 heavy (non-hydrogen) atoms. The number of nitrogens with zero attached hydrogens (tertiary/aromatic N) is 2. The van der Waals surface area contributed by atoms with Crippen LogP contribution >= 0.6 is 0 Å². The van der Waals surface area contributed by atoms with E-state index in [4.69, 9.17) is 10.00 Å². The van der Waals surface area contributed by atoms with Gasteiger partial charge in [-0.05, 0) is 30.7 Å². The highest BCUT2D eigenvalue weighted by atomic mass is 32.2. The van der Waals surface area contributed by atoms with Gasteiger partial charge in [0.1, 0.15) is 11.5 Å². The summed E-state index contributed by atoms with van der Waals surface area (Å²) in [7, 11) is -3.28. The zero-order valence-corrected chi connectivity index (χ0v) is 18.2. The van der Waals surface area contributed by atoms with Gasteiger partial charge in [-0.25, -0.2) is 13.1 Å². The number of amides is 1. The van der Waals surface area contributed by atoms with Crippen LogP contribution in [0.1, 0.15) is 21.6 Å². The number of nitrogens with one attached hydrogen (secondary N) is 2. The van der Waals surface area contributed by atoms with Crippen LogP contribution in [0.25, 0.3) is 0 Å². The highest BCUT2D eigenvalue weighted by molar-refractivity contribution is 7.89. The van der Waals surface area contributed by atoms with Gasteiger partial charge in [0.2, 0.25) is 10.0 Å². The first-order valence-electron chi connectivity index (χ1n) is 9.34. The maximum absolute atomic E-state index is 13.4. The van der Waals surface area contributed by atoms with E-state index in [1.165, 1.54) is 19.2 Å². The standard InChI is InChI=1S/C20H19F3N4O5S/c1-4-19(29,20(21,22)23)15-10-32-17-14(33(30,31)26-15)9-27(3)16(17)18(28)25-13-6-5-11(2)12(7-13)8-24/h4-7,9,15,26,29H,1,10H2,2-3H3,(H,25,28)/t15-,19-/m0/s1. The molecule has 2 heterocycles. The van der Waals surface area contributed by atoms with Gasteiger partial charge >= 0.3 is 6.18 Å². The summed E-state index contributed by atoms with van der Waals surface area (Å²) in [6, 6.07) is 4.35. The van der Waals surface area contributed by atoms with Gasteiger partial charge in [-0.15, -0.1) is 0 Å². The molecule has 1 aliphatic heterocycles. The molecule has 0 spiro atoms. The Hall–Kier alpha value is -3.34. The smallest absolute Gasteiger partial charge is 0.422 e. The maximum Gasteiger partial charge on any atom is 0.422 e. The molecule has 176 valence electrons. The molecule has 2 aromatic rings. The number of halogens is 3. The van der Waals surface area contributed by atoms with E-state index in [9.17, 15) is 31.5 Å². The number of ether oxygens (including phenoxy) is 1. The molecule has 0 unspecified atom stereocenters. The SMILES string of the molecule is C=C[C@](O)([C@@H]1COc2c(cn(C)c2C(=O)Nc2ccc(C)c(C#N)c2)S(=O)(=O)N1)C(F)(F)F. The number of fused-ring (bicyclic) bond motifs is 1. The van der Waals surface area contributed by atoms with Crippen molar-refractivity contribution in [3.63, 3.8) is 0 Å². The molecule has 0 saturated carbocycles. The monoisotopic (exact) mass is 484 g/mol. The average Bonchev–Trinajstić information content (AvgIpc) is 3.01. The van der Waals surface area contributed by atoms with Crippen LogP contribution in [0.15, 0.2) is 41.9 Å². The number of rotatable bonds is 4. The molecule has 2 atom stereocenters. The molecular formula is C20H19F3N4O5S. The number of carbonyl (C=O) groups excluding carboxylic acids is 1. The average molecular weight is 484 g/mol. The summed E-state index contributed by atoms with van der Waals surface area (Å²) < 4.78 is 74.1. The van der Waals surface area contributed by atoms with Crippen LogP contribution in [0.2, 0.25) is 0 Å². The van der Waals surface area contributed by atoms with Crippen LogP contribution < -0.4 is 14.8 Å². The van der Waals surface area contributed by atoms with Gasteiger partial charge in [-0.2, -0.15) is 18.4 Å². The molecule has 0 saturated heterocycles. The van der Waals surface area contributed by atoms with E-state index < -0.39 is 51.0 Å². The Kier molecular flexibility index (Phi) is 6.05. The van der Waals surface area contributed by atoms with Crippen molar-refractivity contribution in [3.8, 4) is 11.8 Å². The topological polar surface area (TPSA) is 133 Å². The molecule has 0 bridgehead atoms. The predicted molar refractivity (Wildman–Crippen MR) is 110 cm³/mol. The van der Waals surface area contributed by atoms with Crippen molar-refractivity contribution in [3.05, 3.63) is 53.9 Å². The van der Waals surface area contributed by atoms with E-state index in [1.54, 1.807) is 17.7 Å². The molecule has 1 aromatic carbocycles. The van der Waals surface area contributed by atoms with E-state index >= 15 is 0 Å². The largest absolute Gasteiger partial charge is 0.488 e. The number of sulfonamides is 1. The van der Waals surface area contributed by atoms with Crippen molar-refractivity contribution in [2.24, 2.45) is 7.05 Å². The molecule has 3 rings (SSSR count). The van der Waals surface area contributed by atoms with Crippen LogP contribution in [0, 0.1) is 18.3 Å². The van der Waals surface area contributed by atoms with E-state index in [1.807, 2.05) is 6.07 Å². The number of anilines is 1. The summed E-state index contributed by atoms with van der Waals surface area (Å²) in [5.74, 6) is -1.30. The molecule has 0 fully saturated rings. The minimum absolute atomic E-state index is 0.178. The third-order valence-corrected chi connectivity index (χ3v) is 6.68. The van der Waals surface area contributed by atoms with Gasteiger partial charge < -0.3 is 19.7 Å². The third kappa shape index (κ3) is 4.20. The number of alkyl halides is 3. The zero-order chi connectivity index (χ0) is 24.8. The van der Waals surface area contributed by atoms with E-state index in [2.05, 4.69) is 11.9 Å². The van der Waals surface area contributed by atoms with Crippen LogP contribution in [-0.2, 0) is 17.1 Å². The van der Waals surface area contributed by atoms with Gasteiger partial charge in [0.25, 0.3) is 5.91 Å². The van der Waals surface area contributed by atoms with Crippen LogP contribution in [0.5, 0.6) is 5.75 Å². The number of aryl methyl sites for hydroxylation is 2. The van der Waals surface area contributed by atoms with Gasteiger partial charge in [0.15, 0.2) is 17.0 Å². The van der Waals surface area contributed by atoms with Crippen molar-refractivity contribution < 1.29 is 36.2 Å². The Labute approximate surface area is 187 Å². The van der Waals surface area contributed by atoms with Crippen LogP contribution in [-0.4, -0.2) is 48.4 Å². The molecule has 1 amide bonds. The van der Waals surface area contributed by atoms with Gasteiger partial charge in [0.05, 0.1) is 17.7 Å². The fraction of sp³-hybridized carbons (Fsp3) is 0.300. The van der Waals surface area contributed by atoms with E-state index in [0.717, 1.165) is 10.8 Å². The van der Waals surface area contributed by atoms with Crippen molar-refractivity contribution >= 4 is 21.6 Å². The fourth-order valence-electron chi connectivity index (χ4n) is 3.30. The molecule has 9 nitrogen and oxygen atoms in total. The first kappa shape index (κ1) is 24.3. The lowest BCUT2D eigenvalue weighted by molar-refractivity contribution is -0.249. The Morgan fingerprint density at radius 3 is 2.70 bits per heavy atom. The molecular weight excluding hydrogens is 465 g/mol. The number of aliphatic hydroxyl groups is 1. The number of nitriles is 1. The molecule has 13 heteroatoms. The summed E-state index contributed by atoms with van der Waals surface area (Å²) in [4.78, 5) is 12.3. The number of hydrogen-bond acceptors (Lipinski definition) is 6. The molecule has 3 N–H and O–H groups in total. The number of benzene rings is 1. The van der Waals surface area contributed by atoms with Gasteiger partial charge in [0, 0.05) is 18.9 Å². The minimum atomic E-state index is -5.26. The molecule has 1 aromatic heterocycles. The molecule has 1 aliphatic rings. The quantitative estimate of drug-likeness (QED) is 0.569. The lowest BCUT2D eigenvalue weighted by Gasteiger charge is -2.33. The van der Waals surface area contributed by atoms with Gasteiger partial charge in [-0.3, -0.25) is 4.79 Å². The summed E-state index contributed by atoms with van der Waals surface area (Å²) in [6.07, 6.45) is -4.07. The summed E-state index contributed by atoms with van der Waals surface area (Å²) in [6.45, 7) is 3.73. The third-order valence-electron chi connectivity index (χ3n) is 5.21. The number of carbonyl (C=O) groups is 1. The van der Waals surface area contributed by atoms with Crippen molar-refractivity contribution in [1.82, 2.24) is 9.29 Å². The Morgan fingerprint density at radius 2 is 2.12 bits per heavy atom.